The normalized spacial score (nSPS) is 19.4. The predicted molar refractivity (Wildman–Crippen MR) is 118 cm³/mol. The molecule has 4 nitrogen and oxygen atoms in total. The van der Waals surface area contributed by atoms with Gasteiger partial charge >= 0.3 is 0 Å². The molecule has 3 aromatic rings. The van der Waals surface area contributed by atoms with Gasteiger partial charge in [0.15, 0.2) is 0 Å². The van der Waals surface area contributed by atoms with Gasteiger partial charge in [-0.15, -0.1) is 10.2 Å². The van der Waals surface area contributed by atoms with Crippen molar-refractivity contribution in [2.75, 3.05) is 31.1 Å². The Morgan fingerprint density at radius 2 is 1.61 bits per heavy atom. The van der Waals surface area contributed by atoms with Crippen LogP contribution in [0.1, 0.15) is 37.7 Å². The fraction of sp³-hybridized carbons (Fsp3) is 0.478. The maximum Gasteiger partial charge on any atom is 0.208 e. The minimum atomic E-state index is 0.769. The van der Waals surface area contributed by atoms with Crippen molar-refractivity contribution in [3.8, 4) is 10.6 Å². The van der Waals surface area contributed by atoms with Crippen LogP contribution in [0.15, 0.2) is 36.4 Å². The van der Waals surface area contributed by atoms with E-state index in [4.69, 9.17) is 0 Å². The molecule has 0 radical (unpaired) electrons. The number of anilines is 1. The van der Waals surface area contributed by atoms with E-state index in [1.807, 2.05) is 0 Å². The summed E-state index contributed by atoms with van der Waals surface area (Å²) in [6.07, 6.45) is 6.68. The molecular formula is C23H28N4S. The van der Waals surface area contributed by atoms with E-state index in [2.05, 4.69) is 63.3 Å². The first-order chi connectivity index (χ1) is 13.8. The van der Waals surface area contributed by atoms with Crippen molar-refractivity contribution in [1.82, 2.24) is 15.1 Å². The van der Waals surface area contributed by atoms with Crippen molar-refractivity contribution in [3.63, 3.8) is 0 Å². The van der Waals surface area contributed by atoms with Gasteiger partial charge in [-0.25, -0.2) is 0 Å². The van der Waals surface area contributed by atoms with Crippen molar-refractivity contribution < 1.29 is 0 Å². The SMILES string of the molecule is Cc1ccc(-c2nnc(N3CCC(N4CCCCC4)CC3)s2)c2ccccc12. The molecule has 2 aromatic carbocycles. The minimum Gasteiger partial charge on any atom is -0.347 e. The topological polar surface area (TPSA) is 32.3 Å². The van der Waals surface area contributed by atoms with Crippen LogP contribution in [0.2, 0.25) is 0 Å². The van der Waals surface area contributed by atoms with Gasteiger partial charge in [-0.05, 0) is 62.0 Å². The summed E-state index contributed by atoms with van der Waals surface area (Å²) in [5.74, 6) is 0. The van der Waals surface area contributed by atoms with E-state index in [1.165, 1.54) is 67.1 Å². The highest BCUT2D eigenvalue weighted by Crippen LogP contribution is 2.35. The molecular weight excluding hydrogens is 364 g/mol. The van der Waals surface area contributed by atoms with Gasteiger partial charge in [0.05, 0.1) is 0 Å². The lowest BCUT2D eigenvalue weighted by Crippen LogP contribution is -2.46. The summed E-state index contributed by atoms with van der Waals surface area (Å²) in [4.78, 5) is 5.17. The fourth-order valence-electron chi connectivity index (χ4n) is 4.79. The molecule has 0 aliphatic carbocycles. The Morgan fingerprint density at radius 1 is 0.857 bits per heavy atom. The van der Waals surface area contributed by atoms with Crippen molar-refractivity contribution >= 4 is 27.2 Å². The van der Waals surface area contributed by atoms with Gasteiger partial charge in [0.25, 0.3) is 0 Å². The van der Waals surface area contributed by atoms with Crippen LogP contribution in [0.4, 0.5) is 5.13 Å². The first-order valence-corrected chi connectivity index (χ1v) is 11.4. The number of rotatable bonds is 3. The van der Waals surface area contributed by atoms with Crippen molar-refractivity contribution in [2.45, 2.75) is 45.1 Å². The summed E-state index contributed by atoms with van der Waals surface area (Å²) in [6, 6.07) is 13.8. The first-order valence-electron chi connectivity index (χ1n) is 10.6. The van der Waals surface area contributed by atoms with Crippen LogP contribution < -0.4 is 4.90 Å². The average Bonchev–Trinajstić information content (AvgIpc) is 3.25. The van der Waals surface area contributed by atoms with Gasteiger partial charge < -0.3 is 9.80 Å². The highest BCUT2D eigenvalue weighted by atomic mass is 32.1. The number of fused-ring (bicyclic) bond motifs is 1. The highest BCUT2D eigenvalue weighted by Gasteiger charge is 2.27. The Bertz CT molecular complexity index is 952. The number of piperidine rings is 2. The molecule has 146 valence electrons. The smallest absolute Gasteiger partial charge is 0.208 e. The summed E-state index contributed by atoms with van der Waals surface area (Å²) >= 11 is 1.74. The van der Waals surface area contributed by atoms with Gasteiger partial charge in [0.1, 0.15) is 5.01 Å². The molecule has 0 saturated carbocycles. The van der Waals surface area contributed by atoms with Gasteiger partial charge in [-0.2, -0.15) is 0 Å². The predicted octanol–water partition coefficient (Wildman–Crippen LogP) is 5.12. The van der Waals surface area contributed by atoms with E-state index in [0.717, 1.165) is 29.3 Å². The van der Waals surface area contributed by atoms with E-state index >= 15 is 0 Å². The molecule has 2 fully saturated rings. The lowest BCUT2D eigenvalue weighted by Gasteiger charge is -2.40. The largest absolute Gasteiger partial charge is 0.347 e. The minimum absolute atomic E-state index is 0.769. The van der Waals surface area contributed by atoms with E-state index in [9.17, 15) is 0 Å². The number of nitrogens with zero attached hydrogens (tertiary/aromatic N) is 4. The number of benzene rings is 2. The summed E-state index contributed by atoms with van der Waals surface area (Å²) in [5, 5.41) is 13.8. The summed E-state index contributed by atoms with van der Waals surface area (Å²) in [5.41, 5.74) is 2.51. The first kappa shape index (κ1) is 18.1. The zero-order valence-electron chi connectivity index (χ0n) is 16.6. The fourth-order valence-corrected chi connectivity index (χ4v) is 5.73. The molecule has 1 aromatic heterocycles. The highest BCUT2D eigenvalue weighted by molar-refractivity contribution is 7.18. The van der Waals surface area contributed by atoms with Gasteiger partial charge in [0.2, 0.25) is 5.13 Å². The van der Waals surface area contributed by atoms with E-state index in [0.29, 0.717) is 0 Å². The summed E-state index contributed by atoms with van der Waals surface area (Å²) in [6.45, 7) is 6.97. The monoisotopic (exact) mass is 392 g/mol. The lowest BCUT2D eigenvalue weighted by molar-refractivity contribution is 0.141. The van der Waals surface area contributed by atoms with Crippen LogP contribution in [-0.4, -0.2) is 47.3 Å². The van der Waals surface area contributed by atoms with Crippen LogP contribution in [0, 0.1) is 6.92 Å². The van der Waals surface area contributed by atoms with Crippen LogP contribution >= 0.6 is 11.3 Å². The maximum absolute atomic E-state index is 4.57. The average molecular weight is 393 g/mol. The Balaban J connectivity index is 1.33. The second-order valence-corrected chi connectivity index (χ2v) is 9.14. The second kappa shape index (κ2) is 7.80. The Kier molecular flexibility index (Phi) is 5.03. The van der Waals surface area contributed by atoms with Crippen LogP contribution in [-0.2, 0) is 0 Å². The van der Waals surface area contributed by atoms with Crippen LogP contribution in [0.3, 0.4) is 0 Å². The van der Waals surface area contributed by atoms with Gasteiger partial charge in [-0.1, -0.05) is 54.2 Å². The van der Waals surface area contributed by atoms with Crippen molar-refractivity contribution in [3.05, 3.63) is 42.0 Å². The van der Waals surface area contributed by atoms with Crippen molar-refractivity contribution in [1.29, 1.82) is 0 Å². The molecule has 0 unspecified atom stereocenters. The third-order valence-corrected chi connectivity index (χ3v) is 7.45. The zero-order valence-corrected chi connectivity index (χ0v) is 17.4. The molecule has 2 saturated heterocycles. The summed E-state index contributed by atoms with van der Waals surface area (Å²) < 4.78 is 0. The standard InChI is InChI=1S/C23H28N4S/c1-17-9-10-21(20-8-4-3-7-19(17)20)22-24-25-23(28-22)27-15-11-18(12-16-27)26-13-5-2-6-14-26/h3-4,7-10,18H,2,5-6,11-16H2,1H3. The van der Waals surface area contributed by atoms with Crippen LogP contribution in [0.5, 0.6) is 0 Å². The number of hydrogen-bond acceptors (Lipinski definition) is 5. The molecule has 2 aliphatic heterocycles. The number of aryl methyl sites for hydroxylation is 1. The number of hydrogen-bond donors (Lipinski definition) is 0. The molecule has 5 rings (SSSR count). The molecule has 0 atom stereocenters. The van der Waals surface area contributed by atoms with Gasteiger partial charge in [0, 0.05) is 24.7 Å². The molecule has 0 amide bonds. The van der Waals surface area contributed by atoms with Crippen LogP contribution in [0.25, 0.3) is 21.3 Å². The van der Waals surface area contributed by atoms with Crippen molar-refractivity contribution in [2.24, 2.45) is 0 Å². The molecule has 0 bridgehead atoms. The molecule has 5 heteroatoms. The molecule has 0 spiro atoms. The van der Waals surface area contributed by atoms with E-state index < -0.39 is 0 Å². The zero-order chi connectivity index (χ0) is 18.9. The molecule has 2 aliphatic rings. The molecule has 28 heavy (non-hydrogen) atoms. The Morgan fingerprint density at radius 3 is 2.39 bits per heavy atom. The maximum atomic E-state index is 4.57. The quantitative estimate of drug-likeness (QED) is 0.619. The third kappa shape index (κ3) is 3.42. The third-order valence-electron chi connectivity index (χ3n) is 6.43. The lowest BCUT2D eigenvalue weighted by atomic mass is 10.0. The Hall–Kier alpha value is -1.98. The second-order valence-electron chi connectivity index (χ2n) is 8.18. The molecule has 3 heterocycles. The number of aromatic nitrogens is 2. The summed E-state index contributed by atoms with van der Waals surface area (Å²) in [7, 11) is 0. The van der Waals surface area contributed by atoms with E-state index in [-0.39, 0.29) is 0 Å². The Labute approximate surface area is 171 Å². The molecule has 0 N–H and O–H groups in total. The van der Waals surface area contributed by atoms with E-state index in [1.54, 1.807) is 11.3 Å². The van der Waals surface area contributed by atoms with Gasteiger partial charge in [-0.3, -0.25) is 0 Å². The number of likely N-dealkylation sites (tertiary alicyclic amines) is 1.